The van der Waals surface area contributed by atoms with E-state index in [1.807, 2.05) is 0 Å². The Morgan fingerprint density at radius 2 is 1.62 bits per heavy atom. The van der Waals surface area contributed by atoms with Gasteiger partial charge in [-0.1, -0.05) is 0 Å². The van der Waals surface area contributed by atoms with Crippen LogP contribution >= 0.6 is 11.8 Å². The van der Waals surface area contributed by atoms with Crippen molar-refractivity contribution in [1.82, 2.24) is 4.90 Å². The van der Waals surface area contributed by atoms with Gasteiger partial charge in [0.25, 0.3) is 0 Å². The molecule has 1 aliphatic heterocycles. The Kier molecular flexibility index (Phi) is 6.23. The standard InChI is InChI=1S/C17H25NO5S2.Na/c19-15-6-14(24-1-2-25(21,22)23)16(20)18(15)10-17-7-11-3-12(8-17)5-13(4-11)9-17;/h11-14H,1-10H2,(H,21,22,23);/q;+1/p-1. The third-order valence-corrected chi connectivity index (χ3v) is 8.69. The minimum absolute atomic E-state index is 0. The maximum absolute atomic E-state index is 12.7. The smallest absolute Gasteiger partial charge is 0.748 e. The molecule has 0 N–H and O–H groups in total. The number of hydrogen-bond donors (Lipinski definition) is 0. The molecule has 5 fully saturated rings. The molecule has 1 unspecified atom stereocenters. The first-order valence-corrected chi connectivity index (χ1v) is 11.7. The second-order valence-corrected chi connectivity index (χ2v) is 11.4. The molecule has 0 radical (unpaired) electrons. The number of imide groups is 1. The monoisotopic (exact) mass is 409 g/mol. The van der Waals surface area contributed by atoms with Gasteiger partial charge in [0, 0.05) is 24.5 Å². The Labute approximate surface area is 181 Å². The number of likely N-dealkylation sites (tertiary alicyclic amines) is 1. The van der Waals surface area contributed by atoms with Crippen molar-refractivity contribution in [3.8, 4) is 0 Å². The van der Waals surface area contributed by atoms with Crippen molar-refractivity contribution in [2.45, 2.75) is 50.2 Å². The molecule has 4 aliphatic carbocycles. The van der Waals surface area contributed by atoms with Crippen LogP contribution in [0.3, 0.4) is 0 Å². The summed E-state index contributed by atoms with van der Waals surface area (Å²) in [6, 6.07) is 0. The number of amides is 2. The molecule has 0 spiro atoms. The zero-order valence-corrected chi connectivity index (χ0v) is 18.8. The van der Waals surface area contributed by atoms with Crippen molar-refractivity contribution in [2.24, 2.45) is 23.2 Å². The van der Waals surface area contributed by atoms with E-state index < -0.39 is 21.1 Å². The van der Waals surface area contributed by atoms with E-state index in [4.69, 9.17) is 0 Å². The Hall–Kier alpha value is 0.400. The first kappa shape index (κ1) is 21.1. The molecule has 0 aromatic carbocycles. The second kappa shape index (κ2) is 7.67. The molecule has 1 heterocycles. The van der Waals surface area contributed by atoms with Gasteiger partial charge < -0.3 is 4.55 Å². The van der Waals surface area contributed by atoms with Crippen molar-refractivity contribution in [3.05, 3.63) is 0 Å². The average Bonchev–Trinajstić information content (AvgIpc) is 2.72. The summed E-state index contributed by atoms with van der Waals surface area (Å²) in [5.41, 5.74) is 0.123. The Morgan fingerprint density at radius 1 is 1.08 bits per heavy atom. The summed E-state index contributed by atoms with van der Waals surface area (Å²) in [6.45, 7) is 0.547. The van der Waals surface area contributed by atoms with E-state index in [9.17, 15) is 22.6 Å². The zero-order chi connectivity index (χ0) is 17.8. The van der Waals surface area contributed by atoms with E-state index in [0.717, 1.165) is 48.8 Å². The maximum atomic E-state index is 12.7. The summed E-state index contributed by atoms with van der Waals surface area (Å²) < 4.78 is 32.1. The maximum Gasteiger partial charge on any atom is 1.00 e. The van der Waals surface area contributed by atoms with Crippen LogP contribution in [0.4, 0.5) is 0 Å². The van der Waals surface area contributed by atoms with Crippen molar-refractivity contribution < 1.29 is 52.1 Å². The first-order chi connectivity index (χ1) is 11.7. The van der Waals surface area contributed by atoms with E-state index in [2.05, 4.69) is 0 Å². The molecular formula is C17H24NNaO5S2. The molecule has 1 atom stereocenters. The van der Waals surface area contributed by atoms with Gasteiger partial charge in [0.15, 0.2) is 0 Å². The summed E-state index contributed by atoms with van der Waals surface area (Å²) in [5.74, 6) is 1.56. The number of rotatable bonds is 6. The molecule has 0 aromatic rings. The molecule has 4 saturated carbocycles. The average molecular weight is 410 g/mol. The molecular weight excluding hydrogens is 385 g/mol. The predicted molar refractivity (Wildman–Crippen MR) is 92.8 cm³/mol. The zero-order valence-electron chi connectivity index (χ0n) is 15.2. The van der Waals surface area contributed by atoms with Gasteiger partial charge in [-0.3, -0.25) is 14.5 Å². The van der Waals surface area contributed by atoms with Gasteiger partial charge in [-0.15, -0.1) is 11.8 Å². The van der Waals surface area contributed by atoms with Crippen LogP contribution in [0.1, 0.15) is 44.9 Å². The van der Waals surface area contributed by atoms with Crippen molar-refractivity contribution in [1.29, 1.82) is 0 Å². The van der Waals surface area contributed by atoms with E-state index >= 15 is 0 Å². The largest absolute Gasteiger partial charge is 1.00 e. The van der Waals surface area contributed by atoms with Gasteiger partial charge >= 0.3 is 29.6 Å². The third-order valence-electron chi connectivity index (χ3n) is 6.51. The summed E-state index contributed by atoms with van der Waals surface area (Å²) in [4.78, 5) is 26.5. The van der Waals surface area contributed by atoms with Crippen molar-refractivity contribution in [2.75, 3.05) is 18.1 Å². The molecule has 9 heteroatoms. The van der Waals surface area contributed by atoms with E-state index in [1.54, 1.807) is 0 Å². The van der Waals surface area contributed by atoms with Crippen molar-refractivity contribution >= 4 is 33.7 Å². The number of carbonyl (C=O) groups excluding carboxylic acids is 2. The first-order valence-electron chi connectivity index (χ1n) is 9.12. The van der Waals surface area contributed by atoms with E-state index in [0.29, 0.717) is 6.54 Å². The minimum atomic E-state index is -4.28. The quantitative estimate of drug-likeness (QED) is 0.305. The minimum Gasteiger partial charge on any atom is -0.748 e. The molecule has 26 heavy (non-hydrogen) atoms. The Morgan fingerprint density at radius 3 is 2.12 bits per heavy atom. The molecule has 0 aromatic heterocycles. The van der Waals surface area contributed by atoms with Crippen LogP contribution < -0.4 is 29.6 Å². The molecule has 2 amide bonds. The van der Waals surface area contributed by atoms with Crippen LogP contribution in [-0.2, 0) is 19.7 Å². The third kappa shape index (κ3) is 4.35. The molecule has 140 valence electrons. The number of thioether (sulfide) groups is 1. The van der Waals surface area contributed by atoms with E-state index in [1.165, 1.54) is 24.2 Å². The normalized spacial score (nSPS) is 38.7. The number of carbonyl (C=O) groups is 2. The Balaban J connectivity index is 0.00000196. The van der Waals surface area contributed by atoms with Crippen LogP contribution in [-0.4, -0.2) is 53.0 Å². The number of hydrogen-bond acceptors (Lipinski definition) is 6. The fourth-order valence-corrected chi connectivity index (χ4v) is 8.08. The molecule has 5 aliphatic rings. The van der Waals surface area contributed by atoms with Gasteiger partial charge in [-0.25, -0.2) is 8.42 Å². The molecule has 6 nitrogen and oxygen atoms in total. The molecule has 5 rings (SSSR count). The predicted octanol–water partition coefficient (Wildman–Crippen LogP) is -1.39. The van der Waals surface area contributed by atoms with Crippen LogP contribution in [0, 0.1) is 23.2 Å². The fraction of sp³-hybridized carbons (Fsp3) is 0.882. The topological polar surface area (TPSA) is 94.6 Å². The SMILES string of the molecule is O=C1CC(SCCS(=O)(=O)[O-])C(=O)N1CC12CC3CC(CC(C3)C1)C2.[Na+]. The van der Waals surface area contributed by atoms with Gasteiger partial charge in [-0.2, -0.15) is 0 Å². The van der Waals surface area contributed by atoms with Gasteiger partial charge in [0.1, 0.15) is 0 Å². The van der Waals surface area contributed by atoms with Gasteiger partial charge in [0.2, 0.25) is 11.8 Å². The fourth-order valence-electron chi connectivity index (χ4n) is 6.06. The second-order valence-electron chi connectivity index (χ2n) is 8.56. The van der Waals surface area contributed by atoms with Gasteiger partial charge in [0.05, 0.1) is 15.4 Å². The number of nitrogens with zero attached hydrogens (tertiary/aromatic N) is 1. The van der Waals surface area contributed by atoms with Crippen LogP contribution in [0.15, 0.2) is 0 Å². The van der Waals surface area contributed by atoms with Gasteiger partial charge in [-0.05, 0) is 61.7 Å². The van der Waals surface area contributed by atoms with Crippen molar-refractivity contribution in [3.63, 3.8) is 0 Å². The summed E-state index contributed by atoms with van der Waals surface area (Å²) in [7, 11) is -4.28. The summed E-state index contributed by atoms with van der Waals surface area (Å²) >= 11 is 1.13. The summed E-state index contributed by atoms with van der Waals surface area (Å²) in [6.07, 6.45) is 7.53. The van der Waals surface area contributed by atoms with E-state index in [-0.39, 0.29) is 59.0 Å². The van der Waals surface area contributed by atoms with Crippen LogP contribution in [0.5, 0.6) is 0 Å². The molecule has 4 bridgehead atoms. The van der Waals surface area contributed by atoms with Crippen LogP contribution in [0.2, 0.25) is 0 Å². The summed E-state index contributed by atoms with van der Waals surface area (Å²) in [5, 5.41) is -0.525. The molecule has 1 saturated heterocycles. The Bertz CT molecular complexity index is 660. The van der Waals surface area contributed by atoms with Crippen LogP contribution in [0.25, 0.3) is 0 Å².